The summed E-state index contributed by atoms with van der Waals surface area (Å²) in [5.41, 5.74) is -0.372. The number of carbonyl (C=O) groups is 1. The van der Waals surface area contributed by atoms with Gasteiger partial charge in [-0.05, 0) is 46.5 Å². The monoisotopic (exact) mass is 320 g/mol. The molecule has 0 N–H and O–H groups in total. The molecule has 23 heavy (non-hydrogen) atoms. The van der Waals surface area contributed by atoms with E-state index in [1.165, 1.54) is 64.2 Å². The first-order chi connectivity index (χ1) is 11.0. The highest BCUT2D eigenvalue weighted by atomic mass is 16.5. The molecule has 1 aliphatic rings. The van der Waals surface area contributed by atoms with Crippen molar-refractivity contribution in [2.45, 2.75) is 97.8 Å². The van der Waals surface area contributed by atoms with Gasteiger partial charge in [-0.1, -0.05) is 50.9 Å². The highest BCUT2D eigenvalue weighted by molar-refractivity contribution is 5.75. The molecule has 0 aromatic carbocycles. The van der Waals surface area contributed by atoms with Crippen LogP contribution < -0.4 is 0 Å². The molecule has 0 aliphatic heterocycles. The molecule has 1 rings (SSSR count). The molecule has 0 saturated heterocycles. The lowest BCUT2D eigenvalue weighted by Crippen LogP contribution is -2.23. The van der Waals surface area contributed by atoms with Gasteiger partial charge in [0.1, 0.15) is 0 Å². The number of rotatable bonds is 11. The van der Waals surface area contributed by atoms with Gasteiger partial charge in [0.05, 0.1) is 12.0 Å². The van der Waals surface area contributed by atoms with Crippen LogP contribution in [0.15, 0.2) is 0 Å². The lowest BCUT2D eigenvalue weighted by Gasteiger charge is -2.16. The molecule has 1 aliphatic carbocycles. The maximum atomic E-state index is 11.6. The minimum atomic E-state index is -0.372. The van der Waals surface area contributed by atoms with Crippen molar-refractivity contribution in [3.63, 3.8) is 0 Å². The molecule has 2 nitrogen and oxygen atoms in total. The zero-order valence-corrected chi connectivity index (χ0v) is 15.6. The van der Waals surface area contributed by atoms with Gasteiger partial charge in [0, 0.05) is 12.3 Å². The second-order valence-electron chi connectivity index (χ2n) is 7.91. The summed E-state index contributed by atoms with van der Waals surface area (Å²) in [4.78, 5) is 11.6. The molecule has 0 aromatic heterocycles. The van der Waals surface area contributed by atoms with Crippen LogP contribution in [0.1, 0.15) is 97.8 Å². The van der Waals surface area contributed by atoms with Gasteiger partial charge in [0.2, 0.25) is 0 Å². The van der Waals surface area contributed by atoms with Gasteiger partial charge >= 0.3 is 5.97 Å². The average molecular weight is 321 g/mol. The fourth-order valence-electron chi connectivity index (χ4n) is 2.38. The fourth-order valence-corrected chi connectivity index (χ4v) is 2.38. The van der Waals surface area contributed by atoms with Crippen LogP contribution in [0.5, 0.6) is 0 Å². The Morgan fingerprint density at radius 1 is 0.913 bits per heavy atom. The summed E-state index contributed by atoms with van der Waals surface area (Å²) in [6.07, 6.45) is 15.2. The third-order valence-electron chi connectivity index (χ3n) is 4.18. The summed E-state index contributed by atoms with van der Waals surface area (Å²) < 4.78 is 5.27. The Labute approximate surface area is 143 Å². The molecule has 0 atom stereocenters. The molecule has 0 amide bonds. The van der Waals surface area contributed by atoms with Gasteiger partial charge in [-0.3, -0.25) is 4.79 Å². The van der Waals surface area contributed by atoms with Crippen molar-refractivity contribution in [1.82, 2.24) is 0 Å². The minimum Gasteiger partial charge on any atom is -0.465 e. The Hall–Kier alpha value is -0.970. The van der Waals surface area contributed by atoms with E-state index in [1.54, 1.807) is 0 Å². The smallest absolute Gasteiger partial charge is 0.311 e. The number of esters is 1. The van der Waals surface area contributed by atoms with Crippen LogP contribution in [-0.2, 0) is 9.53 Å². The molecular weight excluding hydrogens is 284 g/mol. The van der Waals surface area contributed by atoms with Crippen LogP contribution >= 0.6 is 0 Å². The zero-order valence-electron chi connectivity index (χ0n) is 15.6. The summed E-state index contributed by atoms with van der Waals surface area (Å²) in [7, 11) is 0. The van der Waals surface area contributed by atoms with Crippen LogP contribution in [-0.4, -0.2) is 12.6 Å². The lowest BCUT2D eigenvalue weighted by atomic mass is 9.97. The molecule has 132 valence electrons. The predicted octanol–water partition coefficient (Wildman–Crippen LogP) is 5.89. The topological polar surface area (TPSA) is 26.3 Å². The van der Waals surface area contributed by atoms with E-state index in [9.17, 15) is 4.79 Å². The van der Waals surface area contributed by atoms with Crippen molar-refractivity contribution < 1.29 is 9.53 Å². The summed E-state index contributed by atoms with van der Waals surface area (Å²) >= 11 is 0. The first kappa shape index (κ1) is 20.1. The van der Waals surface area contributed by atoms with E-state index in [0.29, 0.717) is 6.61 Å². The van der Waals surface area contributed by atoms with Gasteiger partial charge in [0.25, 0.3) is 0 Å². The molecule has 0 spiro atoms. The highest BCUT2D eigenvalue weighted by Crippen LogP contribution is 2.27. The quantitative estimate of drug-likeness (QED) is 0.269. The number of unbranched alkanes of at least 4 members (excludes halogenated alkanes) is 9. The normalized spacial score (nSPS) is 14.2. The minimum absolute atomic E-state index is 0.0840. The zero-order chi connectivity index (χ0) is 17.0. The molecule has 0 radical (unpaired) electrons. The molecule has 1 fully saturated rings. The fraction of sp³-hybridized carbons (Fsp3) is 0.857. The Balaban J connectivity index is 1.74. The van der Waals surface area contributed by atoms with Crippen molar-refractivity contribution in [3.05, 3.63) is 0 Å². The Kier molecular flexibility index (Phi) is 10.1. The highest BCUT2D eigenvalue weighted by Gasteiger charge is 2.22. The van der Waals surface area contributed by atoms with Crippen LogP contribution in [0.25, 0.3) is 0 Å². The summed E-state index contributed by atoms with van der Waals surface area (Å²) in [6.45, 7) is 6.27. The molecule has 0 bridgehead atoms. The third-order valence-corrected chi connectivity index (χ3v) is 4.18. The Bertz CT molecular complexity index is 377. The molecule has 2 heteroatoms. The maximum Gasteiger partial charge on any atom is 0.311 e. The van der Waals surface area contributed by atoms with E-state index < -0.39 is 0 Å². The van der Waals surface area contributed by atoms with Gasteiger partial charge in [-0.2, -0.15) is 0 Å². The molecular formula is C21H36O2. The predicted molar refractivity (Wildman–Crippen MR) is 97.1 cm³/mol. The van der Waals surface area contributed by atoms with Crippen molar-refractivity contribution in [2.75, 3.05) is 6.61 Å². The Morgan fingerprint density at radius 3 is 1.96 bits per heavy atom. The van der Waals surface area contributed by atoms with Crippen molar-refractivity contribution in [3.8, 4) is 11.8 Å². The standard InChI is InChI=1S/C21H36O2/c1-21(2,3)20(22)23-18-14-12-10-8-6-4-5-7-9-11-13-15-19-16-17-19/h19H,4-12,14,16-18H2,1-3H3. The van der Waals surface area contributed by atoms with E-state index in [0.717, 1.165) is 18.8 Å². The number of hydrogen-bond acceptors (Lipinski definition) is 2. The van der Waals surface area contributed by atoms with Crippen LogP contribution in [0.4, 0.5) is 0 Å². The van der Waals surface area contributed by atoms with Gasteiger partial charge < -0.3 is 4.74 Å². The van der Waals surface area contributed by atoms with E-state index in [-0.39, 0.29) is 11.4 Å². The number of ether oxygens (including phenoxy) is 1. The average Bonchev–Trinajstić information content (AvgIpc) is 3.30. The van der Waals surface area contributed by atoms with Crippen LogP contribution in [0.2, 0.25) is 0 Å². The summed E-state index contributed by atoms with van der Waals surface area (Å²) in [5, 5.41) is 0. The number of hydrogen-bond donors (Lipinski definition) is 0. The first-order valence-corrected chi connectivity index (χ1v) is 9.66. The largest absolute Gasteiger partial charge is 0.465 e. The van der Waals surface area contributed by atoms with Crippen molar-refractivity contribution in [2.24, 2.45) is 11.3 Å². The van der Waals surface area contributed by atoms with E-state index in [1.807, 2.05) is 20.8 Å². The lowest BCUT2D eigenvalue weighted by molar-refractivity contribution is -0.153. The van der Waals surface area contributed by atoms with Crippen molar-refractivity contribution >= 4 is 5.97 Å². The molecule has 0 unspecified atom stereocenters. The second-order valence-corrected chi connectivity index (χ2v) is 7.91. The number of carbonyl (C=O) groups excluding carboxylic acids is 1. The molecule has 0 heterocycles. The molecule has 0 aromatic rings. The molecule has 1 saturated carbocycles. The summed E-state index contributed by atoms with van der Waals surface area (Å²) in [5.74, 6) is 7.31. The van der Waals surface area contributed by atoms with Crippen molar-refractivity contribution in [1.29, 1.82) is 0 Å². The van der Waals surface area contributed by atoms with Gasteiger partial charge in [-0.25, -0.2) is 0 Å². The SMILES string of the molecule is CC(C)(C)C(=O)OCCCCCCCCCCCC#CC1CC1. The van der Waals surface area contributed by atoms with E-state index in [4.69, 9.17) is 4.74 Å². The van der Waals surface area contributed by atoms with Crippen LogP contribution in [0.3, 0.4) is 0 Å². The Morgan fingerprint density at radius 2 is 1.43 bits per heavy atom. The maximum absolute atomic E-state index is 11.6. The summed E-state index contributed by atoms with van der Waals surface area (Å²) in [6, 6.07) is 0. The van der Waals surface area contributed by atoms with Gasteiger partial charge in [-0.15, -0.1) is 5.92 Å². The van der Waals surface area contributed by atoms with Crippen LogP contribution in [0, 0.1) is 23.2 Å². The van der Waals surface area contributed by atoms with E-state index in [2.05, 4.69) is 11.8 Å². The third kappa shape index (κ3) is 12.2. The first-order valence-electron chi connectivity index (χ1n) is 9.66. The van der Waals surface area contributed by atoms with E-state index >= 15 is 0 Å². The van der Waals surface area contributed by atoms with Gasteiger partial charge in [0.15, 0.2) is 0 Å². The second kappa shape index (κ2) is 11.5.